The van der Waals surface area contributed by atoms with Gasteiger partial charge in [0.15, 0.2) is 0 Å². The van der Waals surface area contributed by atoms with E-state index in [1.54, 1.807) is 21.9 Å². The number of benzene rings is 2. The first kappa shape index (κ1) is 19.7. The summed E-state index contributed by atoms with van der Waals surface area (Å²) in [5.41, 5.74) is 0.0441. The minimum Gasteiger partial charge on any atom is -0.457 e. The van der Waals surface area contributed by atoms with Crippen molar-refractivity contribution in [2.24, 2.45) is 0 Å². The molecule has 0 saturated carbocycles. The van der Waals surface area contributed by atoms with Crippen molar-refractivity contribution in [3.63, 3.8) is 0 Å². The smallest absolute Gasteiger partial charge is 0.410 e. The van der Waals surface area contributed by atoms with Gasteiger partial charge in [-0.2, -0.15) is 0 Å². The molecule has 0 bridgehead atoms. The molecule has 28 heavy (non-hydrogen) atoms. The molecule has 2 amide bonds. The van der Waals surface area contributed by atoms with E-state index in [4.69, 9.17) is 9.47 Å². The number of amides is 2. The standard InChI is InChI=1S/C22H26N2O4/c1-22(2,3)28-21(26)24-14-12-23(13-15-24)20(25)17-8-7-11-19(16-17)27-18-9-5-4-6-10-18/h4-11,16H,12-15H2,1-3H3. The van der Waals surface area contributed by atoms with Gasteiger partial charge in [0, 0.05) is 31.7 Å². The summed E-state index contributed by atoms with van der Waals surface area (Å²) in [6.45, 7) is 7.39. The number of hydrogen-bond donors (Lipinski definition) is 0. The van der Waals surface area contributed by atoms with Crippen molar-refractivity contribution in [2.45, 2.75) is 26.4 Å². The Labute approximate surface area is 165 Å². The van der Waals surface area contributed by atoms with Gasteiger partial charge < -0.3 is 19.3 Å². The molecule has 0 aromatic heterocycles. The van der Waals surface area contributed by atoms with Gasteiger partial charge in [-0.1, -0.05) is 24.3 Å². The Bertz CT molecular complexity index is 822. The number of piperazine rings is 1. The van der Waals surface area contributed by atoms with Gasteiger partial charge in [0.1, 0.15) is 17.1 Å². The van der Waals surface area contributed by atoms with Crippen molar-refractivity contribution < 1.29 is 19.1 Å². The Morgan fingerprint density at radius 1 is 0.821 bits per heavy atom. The highest BCUT2D eigenvalue weighted by Gasteiger charge is 2.28. The lowest BCUT2D eigenvalue weighted by Gasteiger charge is -2.35. The second kappa shape index (κ2) is 8.33. The third kappa shape index (κ3) is 5.25. The zero-order valence-electron chi connectivity index (χ0n) is 16.6. The van der Waals surface area contributed by atoms with Gasteiger partial charge in [-0.3, -0.25) is 4.79 Å². The van der Waals surface area contributed by atoms with E-state index in [-0.39, 0.29) is 12.0 Å². The summed E-state index contributed by atoms with van der Waals surface area (Å²) in [5, 5.41) is 0. The Morgan fingerprint density at radius 2 is 1.43 bits per heavy atom. The van der Waals surface area contributed by atoms with Crippen LogP contribution in [-0.2, 0) is 4.74 Å². The molecule has 0 radical (unpaired) electrons. The van der Waals surface area contributed by atoms with Crippen LogP contribution >= 0.6 is 0 Å². The monoisotopic (exact) mass is 382 g/mol. The molecule has 1 fully saturated rings. The maximum Gasteiger partial charge on any atom is 0.410 e. The normalized spacial score (nSPS) is 14.5. The minimum absolute atomic E-state index is 0.0673. The highest BCUT2D eigenvalue weighted by molar-refractivity contribution is 5.94. The van der Waals surface area contributed by atoms with Crippen LogP contribution in [0.4, 0.5) is 4.79 Å². The van der Waals surface area contributed by atoms with E-state index in [0.717, 1.165) is 5.75 Å². The zero-order chi connectivity index (χ0) is 20.1. The van der Waals surface area contributed by atoms with Gasteiger partial charge in [-0.15, -0.1) is 0 Å². The molecule has 0 unspecified atom stereocenters. The molecule has 1 aliphatic rings. The summed E-state index contributed by atoms with van der Waals surface area (Å²) in [7, 11) is 0. The molecule has 1 heterocycles. The summed E-state index contributed by atoms with van der Waals surface area (Å²) < 4.78 is 11.2. The van der Waals surface area contributed by atoms with E-state index in [2.05, 4.69) is 0 Å². The van der Waals surface area contributed by atoms with E-state index in [9.17, 15) is 9.59 Å². The second-order valence-corrected chi connectivity index (χ2v) is 7.70. The molecule has 3 rings (SSSR count). The van der Waals surface area contributed by atoms with Crippen molar-refractivity contribution >= 4 is 12.0 Å². The Kier molecular flexibility index (Phi) is 5.87. The molecule has 0 aliphatic carbocycles. The fourth-order valence-corrected chi connectivity index (χ4v) is 2.92. The molecular formula is C22H26N2O4. The van der Waals surface area contributed by atoms with Crippen LogP contribution in [0, 0.1) is 0 Å². The third-order valence-corrected chi connectivity index (χ3v) is 4.28. The van der Waals surface area contributed by atoms with Crippen LogP contribution in [-0.4, -0.2) is 53.6 Å². The number of nitrogens with zero attached hydrogens (tertiary/aromatic N) is 2. The van der Waals surface area contributed by atoms with Crippen LogP contribution < -0.4 is 4.74 Å². The van der Waals surface area contributed by atoms with Crippen LogP contribution in [0.15, 0.2) is 54.6 Å². The lowest BCUT2D eigenvalue weighted by atomic mass is 10.1. The summed E-state index contributed by atoms with van der Waals surface area (Å²) in [4.78, 5) is 28.4. The van der Waals surface area contributed by atoms with Crippen molar-refractivity contribution in [1.29, 1.82) is 0 Å². The van der Waals surface area contributed by atoms with Crippen LogP contribution in [0.5, 0.6) is 11.5 Å². The predicted molar refractivity (Wildman–Crippen MR) is 107 cm³/mol. The maximum atomic E-state index is 12.8. The Hall–Kier alpha value is -3.02. The quantitative estimate of drug-likeness (QED) is 0.799. The third-order valence-electron chi connectivity index (χ3n) is 4.28. The number of carbonyl (C=O) groups is 2. The number of hydrogen-bond acceptors (Lipinski definition) is 4. The largest absolute Gasteiger partial charge is 0.457 e. The summed E-state index contributed by atoms with van der Waals surface area (Å²) in [6.07, 6.45) is -0.335. The molecule has 2 aromatic rings. The van der Waals surface area contributed by atoms with Gasteiger partial charge in [0.2, 0.25) is 0 Å². The van der Waals surface area contributed by atoms with E-state index in [0.29, 0.717) is 37.5 Å². The summed E-state index contributed by atoms with van der Waals surface area (Å²) in [5.74, 6) is 1.27. The fraction of sp³-hybridized carbons (Fsp3) is 0.364. The first-order valence-corrected chi connectivity index (χ1v) is 9.42. The van der Waals surface area contributed by atoms with Gasteiger partial charge in [-0.25, -0.2) is 4.79 Å². The molecule has 1 aliphatic heterocycles. The first-order valence-electron chi connectivity index (χ1n) is 9.42. The molecule has 6 nitrogen and oxygen atoms in total. The summed E-state index contributed by atoms with van der Waals surface area (Å²) >= 11 is 0. The Morgan fingerprint density at radius 3 is 2.07 bits per heavy atom. The highest BCUT2D eigenvalue weighted by atomic mass is 16.6. The molecule has 1 saturated heterocycles. The van der Waals surface area contributed by atoms with E-state index in [1.807, 2.05) is 63.2 Å². The van der Waals surface area contributed by atoms with Gasteiger partial charge in [-0.05, 0) is 51.1 Å². The number of ether oxygens (including phenoxy) is 2. The molecule has 0 atom stereocenters. The van der Waals surface area contributed by atoms with E-state index < -0.39 is 5.60 Å². The van der Waals surface area contributed by atoms with Crippen molar-refractivity contribution in [3.05, 3.63) is 60.2 Å². The maximum absolute atomic E-state index is 12.8. The predicted octanol–water partition coefficient (Wildman–Crippen LogP) is 4.17. The van der Waals surface area contributed by atoms with Gasteiger partial charge in [0.25, 0.3) is 5.91 Å². The zero-order valence-corrected chi connectivity index (χ0v) is 16.6. The van der Waals surface area contributed by atoms with E-state index in [1.165, 1.54) is 0 Å². The molecule has 148 valence electrons. The first-order chi connectivity index (χ1) is 13.3. The number of para-hydroxylation sites is 1. The number of rotatable bonds is 3. The topological polar surface area (TPSA) is 59.1 Å². The molecule has 6 heteroatoms. The van der Waals surface area contributed by atoms with Crippen molar-refractivity contribution in [2.75, 3.05) is 26.2 Å². The van der Waals surface area contributed by atoms with Gasteiger partial charge in [0.05, 0.1) is 0 Å². The molecule has 0 N–H and O–H groups in total. The second-order valence-electron chi connectivity index (χ2n) is 7.70. The molecular weight excluding hydrogens is 356 g/mol. The highest BCUT2D eigenvalue weighted by Crippen LogP contribution is 2.23. The molecule has 0 spiro atoms. The average molecular weight is 382 g/mol. The van der Waals surface area contributed by atoms with Crippen LogP contribution in [0.1, 0.15) is 31.1 Å². The lowest BCUT2D eigenvalue weighted by Crippen LogP contribution is -2.51. The van der Waals surface area contributed by atoms with E-state index >= 15 is 0 Å². The minimum atomic E-state index is -0.525. The fourth-order valence-electron chi connectivity index (χ4n) is 2.92. The average Bonchev–Trinajstić information content (AvgIpc) is 2.67. The van der Waals surface area contributed by atoms with Crippen LogP contribution in [0.2, 0.25) is 0 Å². The van der Waals surface area contributed by atoms with Gasteiger partial charge >= 0.3 is 6.09 Å². The van der Waals surface area contributed by atoms with Crippen molar-refractivity contribution in [3.8, 4) is 11.5 Å². The van der Waals surface area contributed by atoms with Crippen LogP contribution in [0.25, 0.3) is 0 Å². The summed E-state index contributed by atoms with van der Waals surface area (Å²) in [6, 6.07) is 16.6. The van der Waals surface area contributed by atoms with Crippen molar-refractivity contribution in [1.82, 2.24) is 9.80 Å². The Balaban J connectivity index is 1.59. The number of carbonyl (C=O) groups excluding carboxylic acids is 2. The van der Waals surface area contributed by atoms with Crippen LogP contribution in [0.3, 0.4) is 0 Å². The SMILES string of the molecule is CC(C)(C)OC(=O)N1CCN(C(=O)c2cccc(Oc3ccccc3)c2)CC1. The molecule has 2 aromatic carbocycles. The lowest BCUT2D eigenvalue weighted by molar-refractivity contribution is 0.0141.